The van der Waals surface area contributed by atoms with Gasteiger partial charge in [0, 0.05) is 13.0 Å². The van der Waals surface area contributed by atoms with Crippen molar-refractivity contribution >= 4 is 11.9 Å². The number of carbonyl (C=O) groups is 2. The minimum Gasteiger partial charge on any atom is -0.462 e. The van der Waals surface area contributed by atoms with Gasteiger partial charge in [-0.15, -0.1) is 0 Å². The Bertz CT molecular complexity index is 1320. The molecule has 5 nitrogen and oxygen atoms in total. The first-order valence-corrected chi connectivity index (χ1v) is 26.1. The highest BCUT2D eigenvalue weighted by atomic mass is 16.6. The standard InChI is InChI=1S/C59H96O5/c1-4-7-10-13-16-19-22-25-28-30-32-34-37-40-43-46-49-52-58(60)63-56-57(55-62-54-51-48-45-42-39-36-33-29-26-23-20-17-14-11-8-5-2)64-59(61)53-50-47-44-41-38-35-31-27-24-21-18-15-12-9-6-3/h7,9-10,12,16-21,25-29,31,38,41,47,50,57H,4-6,8,11,13-15,22-24,30,32-37,39-40,42-46,48-49,51-56H2,1-3H3/b10-7-,12-9-,19-16-,20-17-,21-18-,28-25-,29-26-,31-27-,41-38-,50-47-. The number of allylic oxidation sites excluding steroid dienone is 19. The number of unbranched alkanes of at least 4 members (excludes halogenated alkanes) is 16. The van der Waals surface area contributed by atoms with Crippen LogP contribution in [0.2, 0.25) is 0 Å². The lowest BCUT2D eigenvalue weighted by Gasteiger charge is -2.18. The minimum atomic E-state index is -0.608. The zero-order chi connectivity index (χ0) is 46.3. The van der Waals surface area contributed by atoms with Gasteiger partial charge in [0.1, 0.15) is 6.61 Å². The molecule has 1 unspecified atom stereocenters. The molecule has 0 fully saturated rings. The maximum Gasteiger partial charge on any atom is 0.310 e. The monoisotopic (exact) mass is 885 g/mol. The van der Waals surface area contributed by atoms with Crippen LogP contribution in [0.25, 0.3) is 0 Å². The second kappa shape index (κ2) is 53.6. The largest absolute Gasteiger partial charge is 0.462 e. The summed E-state index contributed by atoms with van der Waals surface area (Å²) in [6, 6.07) is 0. The molecule has 1 atom stereocenters. The van der Waals surface area contributed by atoms with Crippen LogP contribution in [0.4, 0.5) is 0 Å². The summed E-state index contributed by atoms with van der Waals surface area (Å²) in [5.74, 6) is -0.568. The van der Waals surface area contributed by atoms with Crippen molar-refractivity contribution in [2.75, 3.05) is 19.8 Å². The van der Waals surface area contributed by atoms with E-state index in [2.05, 4.69) is 130 Å². The summed E-state index contributed by atoms with van der Waals surface area (Å²) in [6.45, 7) is 7.43. The Morgan fingerprint density at radius 3 is 1.20 bits per heavy atom. The molecular weight excluding hydrogens is 789 g/mol. The molecule has 0 rings (SSSR count). The topological polar surface area (TPSA) is 61.8 Å². The molecule has 0 heterocycles. The van der Waals surface area contributed by atoms with Crippen LogP contribution < -0.4 is 0 Å². The Hall–Kier alpha value is -3.70. The maximum absolute atomic E-state index is 12.7. The summed E-state index contributed by atoms with van der Waals surface area (Å²) >= 11 is 0. The normalized spacial score (nSPS) is 13.2. The molecule has 362 valence electrons. The smallest absolute Gasteiger partial charge is 0.310 e. The summed E-state index contributed by atoms with van der Waals surface area (Å²) in [7, 11) is 0. The average molecular weight is 885 g/mol. The molecule has 0 aliphatic heterocycles. The SMILES string of the molecule is CC/C=C\C/C=C\C/C=C\C/C=C\C/C=C\CC(=O)OC(COCCCCCCCC/C=C\C/C=C\CCCCC)COC(=O)CCCCCCCCC/C=C\C/C=C\C/C=C\CC. The van der Waals surface area contributed by atoms with E-state index in [9.17, 15) is 9.59 Å². The highest BCUT2D eigenvalue weighted by Crippen LogP contribution is 2.12. The Balaban J connectivity index is 4.44. The molecular formula is C59H96O5. The van der Waals surface area contributed by atoms with Gasteiger partial charge in [-0.25, -0.2) is 0 Å². The molecule has 0 aromatic heterocycles. The van der Waals surface area contributed by atoms with Crippen LogP contribution in [-0.4, -0.2) is 37.9 Å². The minimum absolute atomic E-state index is 0.0287. The highest BCUT2D eigenvalue weighted by molar-refractivity contribution is 5.71. The molecule has 0 spiro atoms. The van der Waals surface area contributed by atoms with Gasteiger partial charge >= 0.3 is 11.9 Å². The summed E-state index contributed by atoms with van der Waals surface area (Å²) in [6.07, 6.45) is 75.2. The number of hydrogen-bond donors (Lipinski definition) is 0. The van der Waals surface area contributed by atoms with E-state index >= 15 is 0 Å². The average Bonchev–Trinajstić information content (AvgIpc) is 3.30. The van der Waals surface area contributed by atoms with Crippen LogP contribution in [-0.2, 0) is 23.8 Å². The van der Waals surface area contributed by atoms with Crippen LogP contribution in [0.3, 0.4) is 0 Å². The molecule has 0 aliphatic carbocycles. The zero-order valence-electron chi connectivity index (χ0n) is 41.5. The predicted octanol–water partition coefficient (Wildman–Crippen LogP) is 17.8. The van der Waals surface area contributed by atoms with Crippen molar-refractivity contribution in [2.45, 2.75) is 219 Å². The van der Waals surface area contributed by atoms with Gasteiger partial charge in [0.05, 0.1) is 13.0 Å². The van der Waals surface area contributed by atoms with Crippen molar-refractivity contribution in [1.82, 2.24) is 0 Å². The fraction of sp³-hybridized carbons (Fsp3) is 0.627. The molecule has 5 heteroatoms. The summed E-state index contributed by atoms with van der Waals surface area (Å²) in [5.41, 5.74) is 0. The summed E-state index contributed by atoms with van der Waals surface area (Å²) in [5, 5.41) is 0. The summed E-state index contributed by atoms with van der Waals surface area (Å²) < 4.78 is 17.3. The zero-order valence-corrected chi connectivity index (χ0v) is 41.5. The van der Waals surface area contributed by atoms with E-state index in [1.807, 2.05) is 12.2 Å². The maximum atomic E-state index is 12.7. The Morgan fingerprint density at radius 2 is 0.750 bits per heavy atom. The van der Waals surface area contributed by atoms with E-state index in [-0.39, 0.29) is 31.6 Å². The number of carbonyl (C=O) groups excluding carboxylic acids is 2. The molecule has 0 aliphatic rings. The van der Waals surface area contributed by atoms with Gasteiger partial charge in [0.2, 0.25) is 0 Å². The third-order valence-electron chi connectivity index (χ3n) is 10.5. The van der Waals surface area contributed by atoms with E-state index in [0.717, 1.165) is 103 Å². The first-order valence-electron chi connectivity index (χ1n) is 26.1. The van der Waals surface area contributed by atoms with Crippen LogP contribution >= 0.6 is 0 Å². The molecule has 0 aromatic rings. The fourth-order valence-electron chi connectivity index (χ4n) is 6.69. The first kappa shape index (κ1) is 60.3. The fourth-order valence-corrected chi connectivity index (χ4v) is 6.69. The van der Waals surface area contributed by atoms with Crippen molar-refractivity contribution < 1.29 is 23.8 Å². The molecule has 0 radical (unpaired) electrons. The van der Waals surface area contributed by atoms with Crippen LogP contribution in [0.1, 0.15) is 213 Å². The van der Waals surface area contributed by atoms with Crippen LogP contribution in [0, 0.1) is 0 Å². The van der Waals surface area contributed by atoms with Gasteiger partial charge in [-0.2, -0.15) is 0 Å². The lowest BCUT2D eigenvalue weighted by molar-refractivity contribution is -0.162. The second-order valence-electron chi connectivity index (χ2n) is 16.7. The van der Waals surface area contributed by atoms with Crippen LogP contribution in [0.5, 0.6) is 0 Å². The Morgan fingerprint density at radius 1 is 0.375 bits per heavy atom. The van der Waals surface area contributed by atoms with Crippen molar-refractivity contribution in [3.8, 4) is 0 Å². The predicted molar refractivity (Wildman–Crippen MR) is 279 cm³/mol. The number of esters is 2. The van der Waals surface area contributed by atoms with E-state index in [4.69, 9.17) is 14.2 Å². The van der Waals surface area contributed by atoms with Gasteiger partial charge in [-0.1, -0.05) is 213 Å². The van der Waals surface area contributed by atoms with Gasteiger partial charge in [-0.05, 0) is 109 Å². The third-order valence-corrected chi connectivity index (χ3v) is 10.5. The Kier molecular flexibility index (Phi) is 50.5. The quantitative estimate of drug-likeness (QED) is 0.0346. The van der Waals surface area contributed by atoms with Crippen LogP contribution in [0.15, 0.2) is 122 Å². The number of rotatable bonds is 46. The van der Waals surface area contributed by atoms with Crippen molar-refractivity contribution in [1.29, 1.82) is 0 Å². The van der Waals surface area contributed by atoms with E-state index in [1.165, 1.54) is 77.0 Å². The van der Waals surface area contributed by atoms with E-state index < -0.39 is 6.10 Å². The van der Waals surface area contributed by atoms with Gasteiger partial charge in [0.25, 0.3) is 0 Å². The number of hydrogen-bond acceptors (Lipinski definition) is 5. The molecule has 0 saturated heterocycles. The molecule has 64 heavy (non-hydrogen) atoms. The Labute approximate surface area is 395 Å². The molecule has 0 amide bonds. The van der Waals surface area contributed by atoms with Crippen molar-refractivity contribution in [2.24, 2.45) is 0 Å². The molecule has 0 N–H and O–H groups in total. The molecule has 0 saturated carbocycles. The number of ether oxygens (including phenoxy) is 3. The first-order chi connectivity index (χ1) is 31.6. The highest BCUT2D eigenvalue weighted by Gasteiger charge is 2.17. The van der Waals surface area contributed by atoms with E-state index in [0.29, 0.717) is 13.0 Å². The summed E-state index contributed by atoms with van der Waals surface area (Å²) in [4.78, 5) is 25.4. The lowest BCUT2D eigenvalue weighted by atomic mass is 10.1. The van der Waals surface area contributed by atoms with Crippen molar-refractivity contribution in [3.63, 3.8) is 0 Å². The van der Waals surface area contributed by atoms with Gasteiger partial charge in [-0.3, -0.25) is 9.59 Å². The van der Waals surface area contributed by atoms with Crippen molar-refractivity contribution in [3.05, 3.63) is 122 Å². The molecule has 0 aromatic carbocycles. The lowest BCUT2D eigenvalue weighted by Crippen LogP contribution is -2.29. The van der Waals surface area contributed by atoms with Gasteiger partial charge < -0.3 is 14.2 Å². The second-order valence-corrected chi connectivity index (χ2v) is 16.7. The van der Waals surface area contributed by atoms with E-state index in [1.54, 1.807) is 0 Å². The third kappa shape index (κ3) is 50.9. The van der Waals surface area contributed by atoms with Gasteiger partial charge in [0.15, 0.2) is 6.10 Å². The molecule has 0 bridgehead atoms.